The molecule has 2 N–H and O–H groups in total. The Morgan fingerprint density at radius 3 is 2.33 bits per heavy atom. The van der Waals surface area contributed by atoms with Gasteiger partial charge in [0.1, 0.15) is 0 Å². The van der Waals surface area contributed by atoms with Gasteiger partial charge in [0.05, 0.1) is 6.54 Å². The van der Waals surface area contributed by atoms with Crippen LogP contribution in [0.3, 0.4) is 0 Å². The molecule has 0 radical (unpaired) electrons. The summed E-state index contributed by atoms with van der Waals surface area (Å²) in [4.78, 5) is 26.9. The normalized spacial score (nSPS) is 16.7. The van der Waals surface area contributed by atoms with Crippen LogP contribution in [0.4, 0.5) is 0 Å². The zero-order chi connectivity index (χ0) is 13.4. The second-order valence-electron chi connectivity index (χ2n) is 4.53. The number of carbonyl (C=O) groups is 2. The zero-order valence-electron chi connectivity index (χ0n) is 11.4. The number of likely N-dealkylation sites (N-methyl/N-ethyl adjacent to an activating group) is 1. The second kappa shape index (κ2) is 8.05. The van der Waals surface area contributed by atoms with Crippen molar-refractivity contribution in [1.82, 2.24) is 20.4 Å². The summed E-state index contributed by atoms with van der Waals surface area (Å²) < 4.78 is 0. The Labute approximate surface area is 109 Å². The molecule has 0 aliphatic carbocycles. The van der Waals surface area contributed by atoms with E-state index in [9.17, 15) is 9.59 Å². The van der Waals surface area contributed by atoms with E-state index in [1.165, 1.54) is 0 Å². The van der Waals surface area contributed by atoms with E-state index in [0.717, 1.165) is 39.1 Å². The summed E-state index contributed by atoms with van der Waals surface area (Å²) in [5, 5.41) is 5.50. The van der Waals surface area contributed by atoms with Crippen LogP contribution in [0, 0.1) is 0 Å². The van der Waals surface area contributed by atoms with Crippen LogP contribution in [0.15, 0.2) is 0 Å². The summed E-state index contributed by atoms with van der Waals surface area (Å²) >= 11 is 0. The third kappa shape index (κ3) is 5.01. The van der Waals surface area contributed by atoms with E-state index in [2.05, 4.69) is 15.5 Å². The summed E-state index contributed by atoms with van der Waals surface area (Å²) in [7, 11) is 3.45. The van der Waals surface area contributed by atoms with Gasteiger partial charge < -0.3 is 15.5 Å². The molecule has 1 fully saturated rings. The van der Waals surface area contributed by atoms with Crippen molar-refractivity contribution in [2.24, 2.45) is 0 Å². The van der Waals surface area contributed by atoms with Gasteiger partial charge in [-0.3, -0.25) is 14.5 Å². The molecule has 0 bridgehead atoms. The molecule has 6 nitrogen and oxygen atoms in total. The fourth-order valence-corrected chi connectivity index (χ4v) is 2.07. The van der Waals surface area contributed by atoms with Crippen LogP contribution < -0.4 is 10.6 Å². The van der Waals surface area contributed by atoms with Gasteiger partial charge in [0.2, 0.25) is 11.8 Å². The lowest BCUT2D eigenvalue weighted by molar-refractivity contribution is -0.131. The largest absolute Gasteiger partial charge is 0.359 e. The topological polar surface area (TPSA) is 64.7 Å². The first kappa shape index (κ1) is 14.9. The molecule has 104 valence electrons. The standard InChI is InChI=1S/C12H24N4O2/c1-13-10-12(18)16-8-6-15(7-9-16)5-3-4-11(17)14-2/h13H,3-10H2,1-2H3,(H,14,17). The van der Waals surface area contributed by atoms with Gasteiger partial charge in [0.25, 0.3) is 0 Å². The Balaban J connectivity index is 2.15. The molecule has 0 atom stereocenters. The predicted octanol–water partition coefficient (Wildman–Crippen LogP) is -1.12. The van der Waals surface area contributed by atoms with Gasteiger partial charge in [-0.1, -0.05) is 0 Å². The van der Waals surface area contributed by atoms with E-state index in [0.29, 0.717) is 13.0 Å². The molecule has 1 heterocycles. The van der Waals surface area contributed by atoms with Crippen molar-refractivity contribution in [3.8, 4) is 0 Å². The first-order valence-electron chi connectivity index (χ1n) is 6.52. The fraction of sp³-hybridized carbons (Fsp3) is 0.833. The summed E-state index contributed by atoms with van der Waals surface area (Å²) in [6.45, 7) is 4.74. The van der Waals surface area contributed by atoms with E-state index < -0.39 is 0 Å². The molecule has 2 amide bonds. The maximum absolute atomic E-state index is 11.6. The highest BCUT2D eigenvalue weighted by Crippen LogP contribution is 2.03. The fourth-order valence-electron chi connectivity index (χ4n) is 2.07. The van der Waals surface area contributed by atoms with Crippen LogP contribution in [0.25, 0.3) is 0 Å². The highest BCUT2D eigenvalue weighted by atomic mass is 16.2. The molecule has 0 unspecified atom stereocenters. The van der Waals surface area contributed by atoms with Crippen LogP contribution in [0.1, 0.15) is 12.8 Å². The van der Waals surface area contributed by atoms with Crippen LogP contribution in [0.5, 0.6) is 0 Å². The van der Waals surface area contributed by atoms with Crippen LogP contribution in [-0.4, -0.2) is 75.0 Å². The Bertz CT molecular complexity index is 275. The molecule has 0 spiro atoms. The zero-order valence-corrected chi connectivity index (χ0v) is 11.4. The Morgan fingerprint density at radius 1 is 1.11 bits per heavy atom. The smallest absolute Gasteiger partial charge is 0.236 e. The highest BCUT2D eigenvalue weighted by molar-refractivity contribution is 5.78. The van der Waals surface area contributed by atoms with Crippen molar-refractivity contribution >= 4 is 11.8 Å². The minimum absolute atomic E-state index is 0.0952. The van der Waals surface area contributed by atoms with Crippen LogP contribution in [0.2, 0.25) is 0 Å². The van der Waals surface area contributed by atoms with E-state index >= 15 is 0 Å². The van der Waals surface area contributed by atoms with Crippen molar-refractivity contribution in [2.45, 2.75) is 12.8 Å². The lowest BCUT2D eigenvalue weighted by atomic mass is 10.2. The predicted molar refractivity (Wildman–Crippen MR) is 70.2 cm³/mol. The monoisotopic (exact) mass is 256 g/mol. The first-order valence-corrected chi connectivity index (χ1v) is 6.52. The third-order valence-electron chi connectivity index (χ3n) is 3.21. The van der Waals surface area contributed by atoms with Gasteiger partial charge in [-0.2, -0.15) is 0 Å². The van der Waals surface area contributed by atoms with E-state index in [1.54, 1.807) is 14.1 Å². The Kier molecular flexibility index (Phi) is 6.67. The van der Waals surface area contributed by atoms with Crippen LogP contribution in [-0.2, 0) is 9.59 Å². The van der Waals surface area contributed by atoms with E-state index in [1.807, 2.05) is 4.90 Å². The number of nitrogens with zero attached hydrogens (tertiary/aromatic N) is 2. The molecule has 0 aromatic rings. The van der Waals surface area contributed by atoms with Crippen molar-refractivity contribution in [3.05, 3.63) is 0 Å². The number of nitrogens with one attached hydrogen (secondary N) is 2. The maximum Gasteiger partial charge on any atom is 0.236 e. The number of hydrogen-bond donors (Lipinski definition) is 2. The molecule has 0 aromatic heterocycles. The summed E-state index contributed by atoms with van der Waals surface area (Å²) in [6.07, 6.45) is 1.46. The Hall–Kier alpha value is -1.14. The molecule has 1 saturated heterocycles. The molecule has 1 aliphatic heterocycles. The SMILES string of the molecule is CNCC(=O)N1CCN(CCCC(=O)NC)CC1. The minimum atomic E-state index is 0.0952. The van der Waals surface area contributed by atoms with Gasteiger partial charge in [0, 0.05) is 39.6 Å². The maximum atomic E-state index is 11.6. The van der Waals surface area contributed by atoms with Gasteiger partial charge in [-0.25, -0.2) is 0 Å². The molecule has 6 heteroatoms. The number of hydrogen-bond acceptors (Lipinski definition) is 4. The number of rotatable bonds is 6. The average Bonchev–Trinajstić information content (AvgIpc) is 2.39. The van der Waals surface area contributed by atoms with Crippen LogP contribution >= 0.6 is 0 Å². The van der Waals surface area contributed by atoms with E-state index in [-0.39, 0.29) is 11.8 Å². The third-order valence-corrected chi connectivity index (χ3v) is 3.21. The van der Waals surface area contributed by atoms with Gasteiger partial charge in [-0.15, -0.1) is 0 Å². The molecule has 1 aliphatic rings. The number of carbonyl (C=O) groups excluding carboxylic acids is 2. The Morgan fingerprint density at radius 2 is 1.78 bits per heavy atom. The number of piperazine rings is 1. The van der Waals surface area contributed by atoms with Crippen molar-refractivity contribution in [3.63, 3.8) is 0 Å². The molecular formula is C12H24N4O2. The average molecular weight is 256 g/mol. The molecular weight excluding hydrogens is 232 g/mol. The van der Waals surface area contributed by atoms with Gasteiger partial charge >= 0.3 is 0 Å². The van der Waals surface area contributed by atoms with Crippen molar-refractivity contribution in [2.75, 3.05) is 53.4 Å². The molecule has 1 rings (SSSR count). The van der Waals surface area contributed by atoms with Gasteiger partial charge in [0.15, 0.2) is 0 Å². The van der Waals surface area contributed by atoms with Gasteiger partial charge in [-0.05, 0) is 20.0 Å². The molecule has 0 aromatic carbocycles. The summed E-state index contributed by atoms with van der Waals surface area (Å²) in [5.41, 5.74) is 0. The minimum Gasteiger partial charge on any atom is -0.359 e. The van der Waals surface area contributed by atoms with E-state index in [4.69, 9.17) is 0 Å². The van der Waals surface area contributed by atoms with Crippen molar-refractivity contribution in [1.29, 1.82) is 0 Å². The molecule has 0 saturated carbocycles. The summed E-state index contributed by atoms with van der Waals surface area (Å²) in [6, 6.07) is 0. The van der Waals surface area contributed by atoms with Crippen molar-refractivity contribution < 1.29 is 9.59 Å². The molecule has 18 heavy (non-hydrogen) atoms. The highest BCUT2D eigenvalue weighted by Gasteiger charge is 2.19. The second-order valence-corrected chi connectivity index (χ2v) is 4.53. The summed E-state index contributed by atoms with van der Waals surface area (Å²) in [5.74, 6) is 0.264. The quantitative estimate of drug-likeness (QED) is 0.631. The first-order chi connectivity index (χ1) is 8.67. The lowest BCUT2D eigenvalue weighted by Crippen LogP contribution is -2.50. The number of amides is 2. The lowest BCUT2D eigenvalue weighted by Gasteiger charge is -2.34.